The van der Waals surface area contributed by atoms with Crippen LogP contribution in [0.1, 0.15) is 26.2 Å². The van der Waals surface area contributed by atoms with Crippen molar-refractivity contribution in [3.05, 3.63) is 43.0 Å². The molecule has 0 aliphatic heterocycles. The first kappa shape index (κ1) is 15.0. The predicted molar refractivity (Wildman–Crippen MR) is 76.3 cm³/mol. The zero-order valence-electron chi connectivity index (χ0n) is 10.8. The molecule has 0 aromatic heterocycles. The molecule has 3 heteroatoms. The fourth-order valence-electron chi connectivity index (χ4n) is 1.57. The van der Waals surface area contributed by atoms with E-state index in [4.69, 9.17) is 4.74 Å². The second-order valence-electron chi connectivity index (χ2n) is 3.89. The molecular formula is C15H20O2Se. The number of rotatable bonds is 8. The summed E-state index contributed by atoms with van der Waals surface area (Å²) in [5, 5.41) is 0. The molecular weight excluding hydrogens is 291 g/mol. The number of hydrogen-bond donors (Lipinski definition) is 0. The summed E-state index contributed by atoms with van der Waals surface area (Å²) in [7, 11) is 0. The molecule has 0 amide bonds. The van der Waals surface area contributed by atoms with Crippen molar-refractivity contribution in [3.8, 4) is 0 Å². The monoisotopic (exact) mass is 312 g/mol. The number of esters is 1. The Morgan fingerprint density at radius 2 is 2.17 bits per heavy atom. The summed E-state index contributed by atoms with van der Waals surface area (Å²) in [5.74, 6) is -0.0505. The molecule has 1 rings (SSSR count). The van der Waals surface area contributed by atoms with Gasteiger partial charge in [-0.1, -0.05) is 0 Å². The molecule has 0 saturated carbocycles. The van der Waals surface area contributed by atoms with Crippen LogP contribution in [0.25, 0.3) is 0 Å². The molecule has 0 radical (unpaired) electrons. The minimum atomic E-state index is -0.0505. The van der Waals surface area contributed by atoms with Crippen LogP contribution >= 0.6 is 0 Å². The minimum absolute atomic E-state index is 0.0276. The second-order valence-corrected chi connectivity index (χ2v) is 6.57. The van der Waals surface area contributed by atoms with E-state index >= 15 is 0 Å². The van der Waals surface area contributed by atoms with Crippen LogP contribution in [-0.2, 0) is 9.53 Å². The molecule has 2 nitrogen and oxygen atoms in total. The fraction of sp³-hybridized carbons (Fsp3) is 0.400. The molecule has 0 aliphatic carbocycles. The summed E-state index contributed by atoms with van der Waals surface area (Å²) in [5.41, 5.74) is 0. The number of carbonyl (C=O) groups excluding carboxylic acids is 1. The topological polar surface area (TPSA) is 26.3 Å². The van der Waals surface area contributed by atoms with Crippen molar-refractivity contribution in [2.24, 2.45) is 0 Å². The first-order valence-electron chi connectivity index (χ1n) is 6.27. The van der Waals surface area contributed by atoms with Gasteiger partial charge in [0.25, 0.3) is 0 Å². The van der Waals surface area contributed by atoms with Gasteiger partial charge in [0.15, 0.2) is 0 Å². The van der Waals surface area contributed by atoms with Gasteiger partial charge >= 0.3 is 116 Å². The van der Waals surface area contributed by atoms with E-state index in [1.54, 1.807) is 0 Å². The van der Waals surface area contributed by atoms with Crippen LogP contribution < -0.4 is 4.46 Å². The van der Waals surface area contributed by atoms with E-state index < -0.39 is 0 Å². The first-order chi connectivity index (χ1) is 8.77. The van der Waals surface area contributed by atoms with Gasteiger partial charge in [0.2, 0.25) is 0 Å². The Hall–Kier alpha value is -1.05. The number of benzene rings is 1. The van der Waals surface area contributed by atoms with Gasteiger partial charge in [0.05, 0.1) is 0 Å². The zero-order chi connectivity index (χ0) is 13.2. The van der Waals surface area contributed by atoms with E-state index in [2.05, 4.69) is 18.7 Å². The molecule has 1 aromatic rings. The number of ether oxygens (including phenoxy) is 1. The molecule has 0 spiro atoms. The van der Waals surface area contributed by atoms with Crippen molar-refractivity contribution in [3.63, 3.8) is 0 Å². The Balaban J connectivity index is 2.58. The van der Waals surface area contributed by atoms with Gasteiger partial charge in [0, 0.05) is 0 Å². The van der Waals surface area contributed by atoms with Crippen LogP contribution in [0.15, 0.2) is 43.0 Å². The summed E-state index contributed by atoms with van der Waals surface area (Å²) in [6, 6.07) is 10.2. The average molecular weight is 311 g/mol. The van der Waals surface area contributed by atoms with Gasteiger partial charge in [-0.05, 0) is 0 Å². The molecule has 1 unspecified atom stereocenters. The summed E-state index contributed by atoms with van der Waals surface area (Å²) in [6.45, 7) is 6.03. The van der Waals surface area contributed by atoms with E-state index in [0.717, 1.165) is 19.3 Å². The molecule has 0 heterocycles. The molecule has 0 aliphatic rings. The third kappa shape index (κ3) is 5.52. The van der Waals surface area contributed by atoms with Crippen LogP contribution in [0.2, 0.25) is 4.82 Å². The van der Waals surface area contributed by atoms with Gasteiger partial charge in [-0.25, -0.2) is 0 Å². The molecule has 1 atom stereocenters. The first-order valence-corrected chi connectivity index (χ1v) is 8.11. The molecule has 0 bridgehead atoms. The third-order valence-electron chi connectivity index (χ3n) is 2.45. The molecule has 0 N–H and O–H groups in total. The van der Waals surface area contributed by atoms with Crippen LogP contribution in [0.3, 0.4) is 0 Å². The van der Waals surface area contributed by atoms with E-state index in [9.17, 15) is 4.79 Å². The van der Waals surface area contributed by atoms with Gasteiger partial charge in [0.1, 0.15) is 0 Å². The maximum absolute atomic E-state index is 11.9. The van der Waals surface area contributed by atoms with Gasteiger partial charge in [-0.15, -0.1) is 0 Å². The third-order valence-corrected chi connectivity index (χ3v) is 5.08. The van der Waals surface area contributed by atoms with Crippen molar-refractivity contribution in [2.75, 3.05) is 6.61 Å². The van der Waals surface area contributed by atoms with Crippen LogP contribution in [-0.4, -0.2) is 27.5 Å². The van der Waals surface area contributed by atoms with Crippen LogP contribution in [0, 0.1) is 0 Å². The standard InChI is InChI=1S/C15H20O2Se/c1-3-5-7-12-14(15(16)17-4-2)18-13-10-8-6-9-11-13/h3,6,8-11,14H,1,4-5,7,12H2,2H3. The Kier molecular flexibility index (Phi) is 7.47. The Morgan fingerprint density at radius 3 is 2.78 bits per heavy atom. The number of hydrogen-bond acceptors (Lipinski definition) is 2. The zero-order valence-corrected chi connectivity index (χ0v) is 12.5. The van der Waals surface area contributed by atoms with Crippen molar-refractivity contribution in [2.45, 2.75) is 31.0 Å². The van der Waals surface area contributed by atoms with Gasteiger partial charge < -0.3 is 0 Å². The summed E-state index contributed by atoms with van der Waals surface area (Å²) >= 11 is 0.148. The van der Waals surface area contributed by atoms with E-state index in [1.165, 1.54) is 4.46 Å². The van der Waals surface area contributed by atoms with E-state index in [-0.39, 0.29) is 25.7 Å². The molecule has 98 valence electrons. The van der Waals surface area contributed by atoms with Crippen molar-refractivity contribution >= 4 is 25.4 Å². The van der Waals surface area contributed by atoms with Gasteiger partial charge in [-0.3, -0.25) is 0 Å². The summed E-state index contributed by atoms with van der Waals surface area (Å²) in [6.07, 6.45) is 4.75. The summed E-state index contributed by atoms with van der Waals surface area (Å²) < 4.78 is 6.41. The number of allylic oxidation sites excluding steroid dienone is 1. The maximum atomic E-state index is 11.9. The van der Waals surface area contributed by atoms with Crippen molar-refractivity contribution in [1.29, 1.82) is 0 Å². The fourth-order valence-corrected chi connectivity index (χ4v) is 3.86. The second kappa shape index (κ2) is 8.96. The number of unbranched alkanes of at least 4 members (excludes halogenated alkanes) is 1. The Bertz CT molecular complexity index is 362. The van der Waals surface area contributed by atoms with E-state index in [0.29, 0.717) is 6.61 Å². The SMILES string of the molecule is C=CCCCC([Se]c1ccccc1)C(=O)OCC. The summed E-state index contributed by atoms with van der Waals surface area (Å²) in [4.78, 5) is 11.9. The molecule has 18 heavy (non-hydrogen) atoms. The quantitative estimate of drug-likeness (QED) is 0.319. The van der Waals surface area contributed by atoms with Crippen molar-refractivity contribution in [1.82, 2.24) is 0 Å². The predicted octanol–water partition coefficient (Wildman–Crippen LogP) is 2.72. The van der Waals surface area contributed by atoms with Crippen molar-refractivity contribution < 1.29 is 9.53 Å². The normalized spacial score (nSPS) is 11.8. The molecule has 0 fully saturated rings. The Morgan fingerprint density at radius 1 is 1.44 bits per heavy atom. The molecule has 1 aromatic carbocycles. The van der Waals surface area contributed by atoms with E-state index in [1.807, 2.05) is 31.2 Å². The average Bonchev–Trinajstić information content (AvgIpc) is 2.39. The van der Waals surface area contributed by atoms with Gasteiger partial charge in [-0.2, -0.15) is 0 Å². The van der Waals surface area contributed by atoms with Crippen LogP contribution in [0.4, 0.5) is 0 Å². The number of carbonyl (C=O) groups is 1. The molecule has 0 saturated heterocycles. The van der Waals surface area contributed by atoms with Crippen LogP contribution in [0.5, 0.6) is 0 Å². The Labute approximate surface area is 116 Å².